The molecular formula is C54H90N10O18. The molecule has 0 aromatic heterocycles. The zero-order valence-electron chi connectivity index (χ0n) is 49.2. The number of hydrogen-bond donors (Lipinski definition) is 2. The molecule has 0 bridgehead atoms. The number of nitrogens with one attached hydrogen (secondary N) is 2. The Morgan fingerprint density at radius 2 is 0.756 bits per heavy atom. The number of amides is 2. The number of carbonyl (C=O) groups is 9. The summed E-state index contributed by atoms with van der Waals surface area (Å²) in [6, 6.07) is 6.47. The van der Waals surface area contributed by atoms with Crippen molar-refractivity contribution in [3.05, 3.63) is 29.8 Å². The summed E-state index contributed by atoms with van der Waals surface area (Å²) < 4.78 is 46.1. The zero-order valence-corrected chi connectivity index (χ0v) is 49.2. The van der Waals surface area contributed by atoms with Crippen molar-refractivity contribution in [3.63, 3.8) is 0 Å². The lowest BCUT2D eigenvalue weighted by Gasteiger charge is -2.38. The fourth-order valence-electron chi connectivity index (χ4n) is 8.96. The molecule has 0 saturated carbocycles. The molecule has 28 nitrogen and oxygen atoms in total. The molecule has 2 fully saturated rings. The normalized spacial score (nSPS) is 17.8. The van der Waals surface area contributed by atoms with E-state index >= 15 is 0 Å². The van der Waals surface area contributed by atoms with Gasteiger partial charge in [-0.1, -0.05) is 12.1 Å². The number of ether oxygens (including phenoxy) is 9. The number of Topliss-reactive ketones (excluding diaryl/α,β-unsaturated/α-hetero) is 1. The molecule has 1 aromatic rings. The van der Waals surface area contributed by atoms with Crippen LogP contribution in [0.3, 0.4) is 0 Å². The Morgan fingerprint density at radius 3 is 1.16 bits per heavy atom. The molecule has 2 N–H and O–H groups in total. The average molecular weight is 1170 g/mol. The van der Waals surface area contributed by atoms with Crippen LogP contribution >= 0.6 is 0 Å². The van der Waals surface area contributed by atoms with Crippen LogP contribution < -0.4 is 10.6 Å². The third kappa shape index (κ3) is 30.4. The molecule has 28 heteroatoms. The number of hydrogen-bond acceptors (Lipinski definition) is 26. The first kappa shape index (κ1) is 70.3. The summed E-state index contributed by atoms with van der Waals surface area (Å²) >= 11 is 0. The van der Waals surface area contributed by atoms with Gasteiger partial charge in [0.2, 0.25) is 0 Å². The summed E-state index contributed by atoms with van der Waals surface area (Å²) in [5.74, 6) is -2.94. The number of methoxy groups -OCH3 is 7. The summed E-state index contributed by atoms with van der Waals surface area (Å²) in [5, 5.41) is 5.60. The van der Waals surface area contributed by atoms with Crippen LogP contribution in [-0.2, 0) is 87.4 Å². The Bertz CT molecular complexity index is 2080. The molecular weight excluding hydrogens is 1080 g/mol. The highest BCUT2D eigenvalue weighted by Gasteiger charge is 2.29. The number of rotatable bonds is 29. The quantitative estimate of drug-likeness (QED) is 0.0487. The second kappa shape index (κ2) is 41.1. The van der Waals surface area contributed by atoms with Gasteiger partial charge < -0.3 is 53.3 Å². The molecule has 0 radical (unpaired) electrons. The molecule has 0 spiro atoms. The zero-order chi connectivity index (χ0) is 60.1. The number of anilines is 1. The Hall–Kier alpha value is -5.95. The molecule has 2 aliphatic rings. The number of nitrogens with zero attached hydrogens (tertiary/aromatic N) is 8. The lowest BCUT2D eigenvalue weighted by Crippen LogP contribution is -2.53. The van der Waals surface area contributed by atoms with Crippen molar-refractivity contribution >= 4 is 59.3 Å². The Kier molecular flexibility index (Phi) is 35.3. The molecule has 1 aromatic carbocycles. The minimum Gasteiger partial charge on any atom is -0.468 e. The van der Waals surface area contributed by atoms with Gasteiger partial charge in [-0.25, -0.2) is 4.79 Å². The van der Waals surface area contributed by atoms with Crippen molar-refractivity contribution in [1.82, 2.24) is 44.5 Å². The third-order valence-corrected chi connectivity index (χ3v) is 13.9. The van der Waals surface area contributed by atoms with Crippen molar-refractivity contribution < 1.29 is 85.8 Å². The van der Waals surface area contributed by atoms with E-state index in [4.69, 9.17) is 42.6 Å². The summed E-state index contributed by atoms with van der Waals surface area (Å²) in [5.41, 5.74) is 1.41. The fraction of sp³-hybridized carbons (Fsp3) is 0.722. The summed E-state index contributed by atoms with van der Waals surface area (Å²) in [4.78, 5) is 129. The van der Waals surface area contributed by atoms with Crippen LogP contribution in [0.4, 0.5) is 10.5 Å². The number of urea groups is 1. The minimum atomic E-state index is -0.461. The summed E-state index contributed by atoms with van der Waals surface area (Å²) in [7, 11) is 9.23. The maximum absolute atomic E-state index is 13.2. The first-order valence-electron chi connectivity index (χ1n) is 27.6. The van der Waals surface area contributed by atoms with E-state index in [1.807, 2.05) is 51.3 Å². The van der Waals surface area contributed by atoms with Crippen molar-refractivity contribution in [2.45, 2.75) is 25.3 Å². The van der Waals surface area contributed by atoms with Crippen molar-refractivity contribution in [2.75, 3.05) is 239 Å². The predicted molar refractivity (Wildman–Crippen MR) is 298 cm³/mol. The Balaban J connectivity index is 1.50. The van der Waals surface area contributed by atoms with Gasteiger partial charge in [-0.2, -0.15) is 0 Å². The van der Waals surface area contributed by atoms with Gasteiger partial charge >= 0.3 is 47.8 Å². The first-order valence-corrected chi connectivity index (χ1v) is 27.6. The van der Waals surface area contributed by atoms with E-state index in [1.54, 1.807) is 12.1 Å². The SMILES string of the molecule is COC(=O)CN1CCN(CC(=O)CCCOCCOCCNC(=O)Nc2ccc(CC3CN(CC(=O)OC)CCN(CC(=O)OC)CCN(CC(=O)OC)CCN3CC(=O)OC)cc2)CCN(CC(=O)OC)CCN(CC(=O)OC)CC1. The van der Waals surface area contributed by atoms with E-state index in [1.165, 1.54) is 49.8 Å². The highest BCUT2D eigenvalue weighted by Crippen LogP contribution is 2.17. The molecule has 464 valence electrons. The fourth-order valence-corrected chi connectivity index (χ4v) is 8.96. The molecule has 1 atom stereocenters. The monoisotopic (exact) mass is 1170 g/mol. The maximum atomic E-state index is 13.2. The van der Waals surface area contributed by atoms with Gasteiger partial charge in [0.1, 0.15) is 5.78 Å². The predicted octanol–water partition coefficient (Wildman–Crippen LogP) is -2.24. The summed E-state index contributed by atoms with van der Waals surface area (Å²) in [6.07, 6.45) is 1.21. The lowest BCUT2D eigenvalue weighted by atomic mass is 10.0. The number of ketones is 1. The van der Waals surface area contributed by atoms with Crippen molar-refractivity contribution in [2.24, 2.45) is 0 Å². The van der Waals surface area contributed by atoms with E-state index in [0.29, 0.717) is 123 Å². The highest BCUT2D eigenvalue weighted by atomic mass is 16.5. The van der Waals surface area contributed by atoms with Gasteiger partial charge in [0.15, 0.2) is 0 Å². The standard InChI is InChI=1S/C54H90N10O18/c1-74-47(66)36-58-17-15-57(16-18-59(37-48(67)75-2)20-22-60(21-19-58)38-49(68)76-3)35-46(65)9-8-29-81-31-32-82-30-14-55-54(73)56-44-12-10-43(11-13-44)33-45-34-63(41-52(71)79-6)26-25-61(39-50(69)77-4)23-24-62(40-51(70)78-5)27-28-64(45)42-53(72)80-7/h10-13,45H,8-9,14-42H2,1-7H3,(H2,55,56,73). The van der Waals surface area contributed by atoms with E-state index in [-0.39, 0.29) is 97.0 Å². The van der Waals surface area contributed by atoms with Gasteiger partial charge in [0, 0.05) is 129 Å². The third-order valence-electron chi connectivity index (χ3n) is 13.9. The second-order valence-corrected chi connectivity index (χ2v) is 19.7. The van der Waals surface area contributed by atoms with Crippen LogP contribution in [0, 0.1) is 0 Å². The van der Waals surface area contributed by atoms with Crippen LogP contribution in [0.5, 0.6) is 0 Å². The Labute approximate surface area is 482 Å². The van der Waals surface area contributed by atoms with Crippen LogP contribution in [0.2, 0.25) is 0 Å². The smallest absolute Gasteiger partial charge is 0.319 e. The van der Waals surface area contributed by atoms with Gasteiger partial charge in [0.05, 0.1) is 122 Å². The largest absolute Gasteiger partial charge is 0.468 e. The summed E-state index contributed by atoms with van der Waals surface area (Å²) in [6.45, 7) is 7.84. The molecule has 2 aliphatic heterocycles. The van der Waals surface area contributed by atoms with Crippen molar-refractivity contribution in [3.8, 4) is 0 Å². The average Bonchev–Trinajstić information content (AvgIpc) is 3.61. The van der Waals surface area contributed by atoms with Crippen molar-refractivity contribution in [1.29, 1.82) is 0 Å². The second-order valence-electron chi connectivity index (χ2n) is 19.7. The molecule has 2 amide bonds. The van der Waals surface area contributed by atoms with Gasteiger partial charge in [0.25, 0.3) is 0 Å². The molecule has 3 rings (SSSR count). The molecule has 82 heavy (non-hydrogen) atoms. The number of carbonyl (C=O) groups excluding carboxylic acids is 9. The maximum Gasteiger partial charge on any atom is 0.319 e. The van der Waals surface area contributed by atoms with E-state index in [2.05, 4.69) is 10.6 Å². The molecule has 2 saturated heterocycles. The molecule has 2 heterocycles. The molecule has 0 aliphatic carbocycles. The van der Waals surface area contributed by atoms with Gasteiger partial charge in [-0.3, -0.25) is 77.6 Å². The van der Waals surface area contributed by atoms with Crippen LogP contribution in [0.15, 0.2) is 24.3 Å². The highest BCUT2D eigenvalue weighted by molar-refractivity contribution is 5.89. The van der Waals surface area contributed by atoms with E-state index in [0.717, 1.165) is 5.56 Å². The number of esters is 7. The van der Waals surface area contributed by atoms with Crippen LogP contribution in [0.1, 0.15) is 18.4 Å². The van der Waals surface area contributed by atoms with E-state index in [9.17, 15) is 43.2 Å². The minimum absolute atomic E-state index is 0.00394. The molecule has 1 unspecified atom stereocenters. The first-order chi connectivity index (χ1) is 39.5. The topological polar surface area (TPSA) is 287 Å². The Morgan fingerprint density at radius 1 is 0.415 bits per heavy atom. The van der Waals surface area contributed by atoms with Gasteiger partial charge in [-0.15, -0.1) is 0 Å². The van der Waals surface area contributed by atoms with Gasteiger partial charge in [-0.05, 0) is 30.5 Å². The van der Waals surface area contributed by atoms with Crippen LogP contribution in [0.25, 0.3) is 0 Å². The number of benzene rings is 1. The van der Waals surface area contributed by atoms with Crippen LogP contribution in [-0.4, -0.2) is 332 Å². The van der Waals surface area contributed by atoms with E-state index < -0.39 is 47.8 Å². The lowest BCUT2D eigenvalue weighted by molar-refractivity contribution is -0.145.